The van der Waals surface area contributed by atoms with Gasteiger partial charge in [-0.3, -0.25) is 4.99 Å². The molecule has 0 unspecified atom stereocenters. The molecular formula is C15H27IN4S. The molecular weight excluding hydrogens is 395 g/mol. The number of aryl methyl sites for hydroxylation is 1. The number of rotatable bonds is 3. The van der Waals surface area contributed by atoms with E-state index in [2.05, 4.69) is 53.3 Å². The highest BCUT2D eigenvalue weighted by molar-refractivity contribution is 14.0. The zero-order valence-corrected chi connectivity index (χ0v) is 17.0. The third-order valence-electron chi connectivity index (χ3n) is 4.68. The number of likely N-dealkylation sites (tertiary alicyclic amines) is 1. The van der Waals surface area contributed by atoms with Gasteiger partial charge in [-0.15, -0.1) is 35.3 Å². The van der Waals surface area contributed by atoms with Crippen LogP contribution in [-0.2, 0) is 6.42 Å². The van der Waals surface area contributed by atoms with Crippen LogP contribution in [0.1, 0.15) is 38.4 Å². The van der Waals surface area contributed by atoms with Crippen molar-refractivity contribution in [1.82, 2.24) is 15.2 Å². The van der Waals surface area contributed by atoms with Crippen LogP contribution >= 0.6 is 35.3 Å². The summed E-state index contributed by atoms with van der Waals surface area (Å²) in [5.74, 6) is 1.00. The molecule has 6 heteroatoms. The summed E-state index contributed by atoms with van der Waals surface area (Å²) in [5, 5.41) is 6.73. The Morgan fingerprint density at radius 2 is 2.10 bits per heavy atom. The van der Waals surface area contributed by atoms with Crippen LogP contribution in [0.4, 0.5) is 0 Å². The molecule has 120 valence electrons. The van der Waals surface area contributed by atoms with Gasteiger partial charge >= 0.3 is 0 Å². The van der Waals surface area contributed by atoms with Crippen molar-refractivity contribution in [3.05, 3.63) is 16.1 Å². The standard InChI is InChI=1S/C15H26N4S.HI/c1-11-18-12(9-20-11)7-8-17-13(16-6)19-10-14(2,3)15(19,4)5;/h9H,7-8,10H2,1-6H3,(H,16,17);1H. The summed E-state index contributed by atoms with van der Waals surface area (Å²) in [4.78, 5) is 11.3. The van der Waals surface area contributed by atoms with E-state index in [1.165, 1.54) is 5.69 Å². The summed E-state index contributed by atoms with van der Waals surface area (Å²) in [5.41, 5.74) is 1.64. The summed E-state index contributed by atoms with van der Waals surface area (Å²) >= 11 is 1.71. The van der Waals surface area contributed by atoms with Crippen LogP contribution in [0.15, 0.2) is 10.4 Å². The van der Waals surface area contributed by atoms with Crippen LogP contribution < -0.4 is 5.32 Å². The van der Waals surface area contributed by atoms with Crippen LogP contribution in [-0.4, -0.2) is 41.5 Å². The third kappa shape index (κ3) is 3.70. The predicted octanol–water partition coefficient (Wildman–Crippen LogP) is 3.31. The number of aliphatic imine (C=N–C) groups is 1. The lowest BCUT2D eigenvalue weighted by atomic mass is 9.65. The first-order valence-corrected chi connectivity index (χ1v) is 8.05. The maximum absolute atomic E-state index is 4.49. The highest BCUT2D eigenvalue weighted by Crippen LogP contribution is 2.46. The number of hydrogen-bond acceptors (Lipinski definition) is 3. The van der Waals surface area contributed by atoms with E-state index in [0.29, 0.717) is 5.41 Å². The number of hydrogen-bond donors (Lipinski definition) is 1. The molecule has 0 spiro atoms. The molecule has 0 aliphatic carbocycles. The first kappa shape index (κ1) is 18.7. The van der Waals surface area contributed by atoms with Crippen molar-refractivity contribution in [2.45, 2.75) is 46.6 Å². The fourth-order valence-electron chi connectivity index (χ4n) is 2.52. The quantitative estimate of drug-likeness (QED) is 0.462. The Labute approximate surface area is 149 Å². The maximum Gasteiger partial charge on any atom is 0.194 e. The summed E-state index contributed by atoms with van der Waals surface area (Å²) in [6, 6.07) is 0. The molecule has 0 saturated carbocycles. The van der Waals surface area contributed by atoms with E-state index >= 15 is 0 Å². The molecule has 2 heterocycles. The smallest absolute Gasteiger partial charge is 0.194 e. The van der Waals surface area contributed by atoms with Gasteiger partial charge in [-0.25, -0.2) is 4.98 Å². The van der Waals surface area contributed by atoms with Crippen LogP contribution in [0, 0.1) is 12.3 Å². The average molecular weight is 422 g/mol. The molecule has 4 nitrogen and oxygen atoms in total. The average Bonchev–Trinajstić information content (AvgIpc) is 2.78. The van der Waals surface area contributed by atoms with Gasteiger partial charge in [0.1, 0.15) is 0 Å². The lowest BCUT2D eigenvalue weighted by Crippen LogP contribution is -2.72. The van der Waals surface area contributed by atoms with Gasteiger partial charge in [-0.2, -0.15) is 0 Å². The van der Waals surface area contributed by atoms with E-state index in [1.807, 2.05) is 14.0 Å². The Morgan fingerprint density at radius 1 is 1.43 bits per heavy atom. The molecule has 1 N–H and O–H groups in total. The van der Waals surface area contributed by atoms with E-state index < -0.39 is 0 Å². The Bertz CT molecular complexity index is 508. The van der Waals surface area contributed by atoms with Crippen molar-refractivity contribution in [1.29, 1.82) is 0 Å². The zero-order valence-electron chi connectivity index (χ0n) is 13.9. The molecule has 1 saturated heterocycles. The molecule has 21 heavy (non-hydrogen) atoms. The SMILES string of the molecule is CN=C(NCCc1csc(C)n1)N1CC(C)(C)C1(C)C.I. The minimum atomic E-state index is 0. The van der Waals surface area contributed by atoms with Gasteiger partial charge in [0.15, 0.2) is 5.96 Å². The molecule has 0 bridgehead atoms. The van der Waals surface area contributed by atoms with Crippen LogP contribution in [0.2, 0.25) is 0 Å². The molecule has 2 rings (SSSR count). The van der Waals surface area contributed by atoms with E-state index in [4.69, 9.17) is 0 Å². The normalized spacial score (nSPS) is 19.7. The van der Waals surface area contributed by atoms with Crippen molar-refractivity contribution >= 4 is 41.3 Å². The summed E-state index contributed by atoms with van der Waals surface area (Å²) in [6.07, 6.45) is 0.945. The molecule has 1 aliphatic rings. The van der Waals surface area contributed by atoms with Crippen molar-refractivity contribution in [3.8, 4) is 0 Å². The highest BCUT2D eigenvalue weighted by atomic mass is 127. The largest absolute Gasteiger partial charge is 0.356 e. The minimum absolute atomic E-state index is 0. The van der Waals surface area contributed by atoms with Crippen LogP contribution in [0.25, 0.3) is 0 Å². The second-order valence-corrected chi connectivity index (χ2v) is 7.67. The molecule has 0 atom stereocenters. The number of thiazole rings is 1. The van der Waals surface area contributed by atoms with Crippen molar-refractivity contribution in [2.75, 3.05) is 20.1 Å². The number of aromatic nitrogens is 1. The number of nitrogens with one attached hydrogen (secondary N) is 1. The fourth-order valence-corrected chi connectivity index (χ4v) is 3.17. The van der Waals surface area contributed by atoms with Gasteiger partial charge in [-0.1, -0.05) is 13.8 Å². The molecule has 0 radical (unpaired) electrons. The Kier molecular flexibility index (Phi) is 6.06. The van der Waals surface area contributed by atoms with E-state index in [-0.39, 0.29) is 29.5 Å². The monoisotopic (exact) mass is 422 g/mol. The van der Waals surface area contributed by atoms with E-state index in [0.717, 1.165) is 30.5 Å². The van der Waals surface area contributed by atoms with E-state index in [9.17, 15) is 0 Å². The molecule has 0 aromatic carbocycles. The van der Waals surface area contributed by atoms with Gasteiger partial charge in [0.05, 0.1) is 10.7 Å². The number of nitrogens with zero attached hydrogens (tertiary/aromatic N) is 3. The fraction of sp³-hybridized carbons (Fsp3) is 0.733. The van der Waals surface area contributed by atoms with Gasteiger partial charge in [0, 0.05) is 42.9 Å². The molecule has 1 aromatic heterocycles. The Hall–Kier alpha value is -0.370. The summed E-state index contributed by atoms with van der Waals surface area (Å²) < 4.78 is 0. The topological polar surface area (TPSA) is 40.5 Å². The summed E-state index contributed by atoms with van der Waals surface area (Å²) in [7, 11) is 1.86. The highest BCUT2D eigenvalue weighted by Gasteiger charge is 2.53. The Balaban J connectivity index is 0.00000220. The zero-order chi connectivity index (χ0) is 15.0. The van der Waals surface area contributed by atoms with Crippen molar-refractivity contribution in [3.63, 3.8) is 0 Å². The molecule has 0 amide bonds. The van der Waals surface area contributed by atoms with Crippen molar-refractivity contribution in [2.24, 2.45) is 10.4 Å². The minimum Gasteiger partial charge on any atom is -0.356 e. The second-order valence-electron chi connectivity index (χ2n) is 6.61. The van der Waals surface area contributed by atoms with Crippen LogP contribution in [0.5, 0.6) is 0 Å². The van der Waals surface area contributed by atoms with Crippen molar-refractivity contribution < 1.29 is 0 Å². The number of guanidine groups is 1. The van der Waals surface area contributed by atoms with Gasteiger partial charge in [0.25, 0.3) is 0 Å². The lowest BCUT2D eigenvalue weighted by molar-refractivity contribution is -0.0666. The van der Waals surface area contributed by atoms with Gasteiger partial charge in [-0.05, 0) is 20.8 Å². The third-order valence-corrected chi connectivity index (χ3v) is 5.51. The lowest BCUT2D eigenvalue weighted by Gasteiger charge is -2.62. The Morgan fingerprint density at radius 3 is 2.52 bits per heavy atom. The van der Waals surface area contributed by atoms with Gasteiger partial charge < -0.3 is 10.2 Å². The predicted molar refractivity (Wildman–Crippen MR) is 102 cm³/mol. The van der Waals surface area contributed by atoms with Crippen LogP contribution in [0.3, 0.4) is 0 Å². The number of halogens is 1. The first-order valence-electron chi connectivity index (χ1n) is 7.17. The van der Waals surface area contributed by atoms with Gasteiger partial charge in [0.2, 0.25) is 0 Å². The maximum atomic E-state index is 4.49. The first-order chi connectivity index (χ1) is 9.28. The summed E-state index contributed by atoms with van der Waals surface area (Å²) in [6.45, 7) is 13.2. The molecule has 1 aromatic rings. The second kappa shape index (κ2) is 6.81. The molecule has 1 fully saturated rings. The molecule has 1 aliphatic heterocycles. The van der Waals surface area contributed by atoms with E-state index in [1.54, 1.807) is 11.3 Å².